The summed E-state index contributed by atoms with van der Waals surface area (Å²) in [6.45, 7) is 7.39. The van der Waals surface area contributed by atoms with Gasteiger partial charge >= 0.3 is 0 Å². The zero-order valence-electron chi connectivity index (χ0n) is 12.3. The van der Waals surface area contributed by atoms with Crippen LogP contribution in [0, 0.1) is 6.92 Å². The van der Waals surface area contributed by atoms with Gasteiger partial charge in [-0.25, -0.2) is 4.98 Å². The molecule has 6 heteroatoms. The van der Waals surface area contributed by atoms with E-state index in [-0.39, 0.29) is 11.9 Å². The fourth-order valence-corrected chi connectivity index (χ4v) is 3.30. The average molecular weight is 296 g/mol. The van der Waals surface area contributed by atoms with Crippen LogP contribution >= 0.6 is 11.3 Å². The number of amides is 1. The summed E-state index contributed by atoms with van der Waals surface area (Å²) >= 11 is 1.27. The van der Waals surface area contributed by atoms with E-state index < -0.39 is 0 Å². The van der Waals surface area contributed by atoms with Crippen LogP contribution in [0.5, 0.6) is 0 Å². The lowest BCUT2D eigenvalue weighted by Gasteiger charge is -2.32. The second-order valence-corrected chi connectivity index (χ2v) is 6.44. The Labute approximate surface area is 124 Å². The van der Waals surface area contributed by atoms with Crippen LogP contribution in [0.4, 0.5) is 5.13 Å². The largest absolute Gasteiger partial charge is 0.375 e. The maximum Gasteiger partial charge on any atom is 0.263 e. The first-order valence-corrected chi connectivity index (χ1v) is 8.18. The first kappa shape index (κ1) is 15.3. The van der Waals surface area contributed by atoms with Crippen molar-refractivity contribution in [2.45, 2.75) is 45.6 Å². The molecule has 1 saturated heterocycles. The van der Waals surface area contributed by atoms with Gasteiger partial charge in [-0.1, -0.05) is 24.7 Å². The summed E-state index contributed by atoms with van der Waals surface area (Å²) in [7, 11) is 0. The minimum Gasteiger partial charge on any atom is -0.375 e. The van der Waals surface area contributed by atoms with Gasteiger partial charge in [0.2, 0.25) is 0 Å². The summed E-state index contributed by atoms with van der Waals surface area (Å²) in [4.78, 5) is 19.4. The van der Waals surface area contributed by atoms with Crippen molar-refractivity contribution in [3.63, 3.8) is 0 Å². The molecule has 1 fully saturated rings. The van der Waals surface area contributed by atoms with E-state index in [0.29, 0.717) is 10.0 Å². The van der Waals surface area contributed by atoms with E-state index in [9.17, 15) is 4.79 Å². The van der Waals surface area contributed by atoms with Crippen molar-refractivity contribution < 1.29 is 4.79 Å². The minimum atomic E-state index is -0.0243. The van der Waals surface area contributed by atoms with Gasteiger partial charge in [0.15, 0.2) is 5.13 Å². The molecule has 1 aliphatic heterocycles. The highest BCUT2D eigenvalue weighted by molar-refractivity contribution is 7.17. The number of piperidine rings is 1. The predicted molar refractivity (Wildman–Crippen MR) is 83.1 cm³/mol. The Balaban J connectivity index is 1.80. The van der Waals surface area contributed by atoms with E-state index in [1.165, 1.54) is 30.7 Å². The summed E-state index contributed by atoms with van der Waals surface area (Å²) in [5, 5.41) is 3.58. The first-order chi connectivity index (χ1) is 9.60. The third kappa shape index (κ3) is 3.93. The van der Waals surface area contributed by atoms with Crippen LogP contribution in [-0.2, 0) is 0 Å². The van der Waals surface area contributed by atoms with Crippen molar-refractivity contribution in [2.75, 3.05) is 25.4 Å². The van der Waals surface area contributed by atoms with Gasteiger partial charge in [-0.05, 0) is 32.7 Å². The monoisotopic (exact) mass is 296 g/mol. The number of nitrogens with zero attached hydrogens (tertiary/aromatic N) is 2. The molecule has 20 heavy (non-hydrogen) atoms. The Bertz CT molecular complexity index is 452. The lowest BCUT2D eigenvalue weighted by atomic mass is 10.0. The summed E-state index contributed by atoms with van der Waals surface area (Å²) in [6.07, 6.45) is 4.56. The molecule has 0 spiro atoms. The maximum atomic E-state index is 12.2. The Hall–Kier alpha value is -1.14. The topological polar surface area (TPSA) is 71.2 Å². The fourth-order valence-electron chi connectivity index (χ4n) is 2.56. The quantitative estimate of drug-likeness (QED) is 0.872. The van der Waals surface area contributed by atoms with E-state index >= 15 is 0 Å². The zero-order chi connectivity index (χ0) is 14.5. The number of aryl methyl sites for hydroxylation is 1. The minimum absolute atomic E-state index is 0.0243. The van der Waals surface area contributed by atoms with Gasteiger partial charge in [-0.3, -0.25) is 4.79 Å². The smallest absolute Gasteiger partial charge is 0.263 e. The van der Waals surface area contributed by atoms with E-state index in [4.69, 9.17) is 5.73 Å². The number of hydrogen-bond acceptors (Lipinski definition) is 5. The van der Waals surface area contributed by atoms with Gasteiger partial charge in [0.05, 0.1) is 5.69 Å². The number of nitrogen functional groups attached to an aromatic ring is 1. The lowest BCUT2D eigenvalue weighted by Crippen LogP contribution is -2.44. The van der Waals surface area contributed by atoms with Crippen molar-refractivity contribution in [1.82, 2.24) is 15.2 Å². The Morgan fingerprint density at radius 2 is 2.20 bits per heavy atom. The van der Waals surface area contributed by atoms with E-state index in [1.54, 1.807) is 0 Å². The molecule has 3 N–H and O–H groups in total. The van der Waals surface area contributed by atoms with Crippen molar-refractivity contribution in [3.05, 3.63) is 10.6 Å². The number of hydrogen-bond donors (Lipinski definition) is 2. The summed E-state index contributed by atoms with van der Waals surface area (Å²) in [5.41, 5.74) is 6.36. The molecule has 0 bridgehead atoms. The molecular weight excluding hydrogens is 272 g/mol. The molecule has 0 radical (unpaired) electrons. The van der Waals surface area contributed by atoms with Crippen LogP contribution in [-0.4, -0.2) is 41.5 Å². The van der Waals surface area contributed by atoms with E-state index in [0.717, 1.165) is 31.6 Å². The number of likely N-dealkylation sites (tertiary alicyclic amines) is 1. The molecule has 0 saturated carbocycles. The molecule has 0 aliphatic carbocycles. The van der Waals surface area contributed by atoms with Crippen LogP contribution in [0.15, 0.2) is 0 Å². The molecule has 1 aromatic heterocycles. The molecule has 5 nitrogen and oxygen atoms in total. The van der Waals surface area contributed by atoms with E-state index in [2.05, 4.69) is 22.1 Å². The van der Waals surface area contributed by atoms with E-state index in [1.807, 2.05) is 6.92 Å². The number of carbonyl (C=O) groups is 1. The van der Waals surface area contributed by atoms with Crippen LogP contribution in [0.2, 0.25) is 0 Å². The number of thiazole rings is 1. The van der Waals surface area contributed by atoms with Crippen molar-refractivity contribution in [2.24, 2.45) is 0 Å². The van der Waals surface area contributed by atoms with Gasteiger partial charge in [0, 0.05) is 19.1 Å². The molecule has 1 aromatic rings. The number of unbranched alkanes of at least 4 members (excludes halogenated alkanes) is 1. The summed E-state index contributed by atoms with van der Waals surface area (Å²) in [5.74, 6) is -0.0243. The third-order valence-electron chi connectivity index (χ3n) is 3.77. The second kappa shape index (κ2) is 7.04. The summed E-state index contributed by atoms with van der Waals surface area (Å²) < 4.78 is 0. The molecule has 1 amide bonds. The fraction of sp³-hybridized carbons (Fsp3) is 0.714. The maximum absolute atomic E-state index is 12.2. The molecule has 112 valence electrons. The zero-order valence-corrected chi connectivity index (χ0v) is 13.1. The SMILES string of the molecule is CCCCN1CCC(NC(=O)c2sc(N)nc2C)CC1. The number of aromatic nitrogens is 1. The molecule has 2 heterocycles. The normalized spacial score (nSPS) is 17.3. The Morgan fingerprint density at radius 1 is 1.50 bits per heavy atom. The number of nitrogens with two attached hydrogens (primary N) is 1. The molecule has 0 atom stereocenters. The number of anilines is 1. The predicted octanol–water partition coefficient (Wildman–Crippen LogP) is 2.03. The molecular formula is C14H24N4OS. The Kier molecular flexibility index (Phi) is 5.37. The summed E-state index contributed by atoms with van der Waals surface area (Å²) in [6, 6.07) is 0.281. The second-order valence-electron chi connectivity index (χ2n) is 5.41. The van der Waals surface area contributed by atoms with Crippen molar-refractivity contribution in [1.29, 1.82) is 0 Å². The Morgan fingerprint density at radius 3 is 2.75 bits per heavy atom. The lowest BCUT2D eigenvalue weighted by molar-refractivity contribution is 0.0914. The van der Waals surface area contributed by atoms with Gasteiger partial charge in [0.25, 0.3) is 5.91 Å². The molecule has 0 unspecified atom stereocenters. The van der Waals surface area contributed by atoms with Gasteiger partial charge in [-0.15, -0.1) is 0 Å². The number of nitrogens with one attached hydrogen (secondary N) is 1. The van der Waals surface area contributed by atoms with Crippen molar-refractivity contribution >= 4 is 22.4 Å². The third-order valence-corrected chi connectivity index (χ3v) is 4.76. The van der Waals surface area contributed by atoms with Crippen LogP contribution < -0.4 is 11.1 Å². The molecule has 0 aromatic carbocycles. The number of carbonyl (C=O) groups excluding carboxylic acids is 1. The average Bonchev–Trinajstić information content (AvgIpc) is 2.77. The van der Waals surface area contributed by atoms with Gasteiger partial charge in [0.1, 0.15) is 4.88 Å². The standard InChI is InChI=1S/C14H24N4OS/c1-3-4-7-18-8-5-11(6-9-18)17-13(19)12-10(2)16-14(15)20-12/h11H,3-9H2,1-2H3,(H2,15,16)(H,17,19). The van der Waals surface area contributed by atoms with Gasteiger partial charge < -0.3 is 16.0 Å². The van der Waals surface area contributed by atoms with Crippen LogP contribution in [0.25, 0.3) is 0 Å². The highest BCUT2D eigenvalue weighted by Gasteiger charge is 2.22. The highest BCUT2D eigenvalue weighted by atomic mass is 32.1. The molecule has 1 aliphatic rings. The van der Waals surface area contributed by atoms with Crippen LogP contribution in [0.3, 0.4) is 0 Å². The van der Waals surface area contributed by atoms with Gasteiger partial charge in [-0.2, -0.15) is 0 Å². The number of rotatable bonds is 5. The highest BCUT2D eigenvalue weighted by Crippen LogP contribution is 2.20. The first-order valence-electron chi connectivity index (χ1n) is 7.36. The van der Waals surface area contributed by atoms with Crippen molar-refractivity contribution in [3.8, 4) is 0 Å². The van der Waals surface area contributed by atoms with Crippen LogP contribution in [0.1, 0.15) is 48.0 Å². The molecule has 2 rings (SSSR count).